The quantitative estimate of drug-likeness (QED) is 0.728. The molecule has 2 atom stereocenters. The Labute approximate surface area is 143 Å². The molecule has 1 aromatic carbocycles. The minimum absolute atomic E-state index is 0.173. The maximum atomic E-state index is 12.2. The molecule has 2 rings (SSSR count). The van der Waals surface area contributed by atoms with Crippen LogP contribution in [0.4, 0.5) is 0 Å². The normalized spacial score (nSPS) is 20.5. The maximum absolute atomic E-state index is 12.2. The number of nitrogens with zero attached hydrogens (tertiary/aromatic N) is 1. The lowest BCUT2D eigenvalue weighted by Gasteiger charge is -2.21. The van der Waals surface area contributed by atoms with Crippen LogP contribution in [0, 0.1) is 0 Å². The van der Waals surface area contributed by atoms with E-state index in [-0.39, 0.29) is 18.4 Å². The molecule has 0 aromatic heterocycles. The first-order valence-corrected chi connectivity index (χ1v) is 8.24. The minimum atomic E-state index is -0.984. The second-order valence-corrected chi connectivity index (χ2v) is 6.23. The third-order valence-corrected chi connectivity index (χ3v) is 4.49. The summed E-state index contributed by atoms with van der Waals surface area (Å²) >= 11 is 3.39. The Morgan fingerprint density at radius 1 is 1.39 bits per heavy atom. The molecule has 1 heterocycles. The number of aliphatic carboxylic acids is 1. The minimum Gasteiger partial charge on any atom is -0.492 e. The Bertz CT molecular complexity index is 565. The summed E-state index contributed by atoms with van der Waals surface area (Å²) in [6.07, 6.45) is 0.910. The molecule has 7 heteroatoms. The molecule has 1 N–H and O–H groups in total. The molecule has 126 valence electrons. The number of hydrogen-bond donors (Lipinski definition) is 1. The summed E-state index contributed by atoms with van der Waals surface area (Å²) in [5.74, 6) is -0.431. The number of benzene rings is 1. The summed E-state index contributed by atoms with van der Waals surface area (Å²) < 4.78 is 11.7. The van der Waals surface area contributed by atoms with Crippen molar-refractivity contribution in [2.24, 2.45) is 0 Å². The number of likely N-dealkylation sites (tertiary alicyclic amines) is 1. The van der Waals surface area contributed by atoms with Crippen LogP contribution in [0.1, 0.15) is 19.3 Å². The second kappa shape index (κ2) is 8.31. The van der Waals surface area contributed by atoms with Crippen molar-refractivity contribution >= 4 is 27.8 Å². The zero-order chi connectivity index (χ0) is 16.8. The number of amides is 1. The van der Waals surface area contributed by atoms with Crippen LogP contribution >= 0.6 is 15.9 Å². The van der Waals surface area contributed by atoms with Gasteiger partial charge < -0.3 is 19.5 Å². The Hall–Kier alpha value is -1.60. The largest absolute Gasteiger partial charge is 0.492 e. The van der Waals surface area contributed by atoms with Crippen molar-refractivity contribution in [3.05, 3.63) is 28.7 Å². The summed E-state index contributed by atoms with van der Waals surface area (Å²) in [4.78, 5) is 24.9. The van der Waals surface area contributed by atoms with E-state index in [2.05, 4.69) is 15.9 Å². The molecular weight excluding hydrogens is 366 g/mol. The van der Waals surface area contributed by atoms with Gasteiger partial charge in [0.25, 0.3) is 0 Å². The average molecular weight is 386 g/mol. The number of para-hydroxylation sites is 1. The molecule has 1 aromatic rings. The van der Waals surface area contributed by atoms with Gasteiger partial charge in [-0.05, 0) is 34.5 Å². The number of methoxy groups -OCH3 is 1. The molecule has 0 aliphatic carbocycles. The van der Waals surface area contributed by atoms with Crippen molar-refractivity contribution in [2.45, 2.75) is 31.4 Å². The van der Waals surface area contributed by atoms with E-state index in [1.165, 1.54) is 12.0 Å². The molecule has 0 radical (unpaired) electrons. The van der Waals surface area contributed by atoms with E-state index in [9.17, 15) is 14.7 Å². The van der Waals surface area contributed by atoms with Crippen molar-refractivity contribution in [3.63, 3.8) is 0 Å². The van der Waals surface area contributed by atoms with Gasteiger partial charge in [0, 0.05) is 26.5 Å². The first kappa shape index (κ1) is 17.7. The van der Waals surface area contributed by atoms with Crippen LogP contribution in [0.25, 0.3) is 0 Å². The molecule has 6 nitrogen and oxygen atoms in total. The third kappa shape index (κ3) is 4.68. The van der Waals surface area contributed by atoms with Gasteiger partial charge in [-0.15, -0.1) is 0 Å². The number of carbonyl (C=O) groups is 2. The van der Waals surface area contributed by atoms with Gasteiger partial charge in [-0.3, -0.25) is 4.79 Å². The van der Waals surface area contributed by atoms with E-state index in [0.717, 1.165) is 10.2 Å². The molecule has 0 spiro atoms. The molecule has 1 amide bonds. The van der Waals surface area contributed by atoms with Gasteiger partial charge in [0.2, 0.25) is 5.91 Å². The van der Waals surface area contributed by atoms with E-state index < -0.39 is 12.0 Å². The van der Waals surface area contributed by atoms with Gasteiger partial charge in [-0.25, -0.2) is 4.79 Å². The van der Waals surface area contributed by atoms with E-state index in [1.807, 2.05) is 24.3 Å². The summed E-state index contributed by atoms with van der Waals surface area (Å²) in [5, 5.41) is 9.22. The zero-order valence-electron chi connectivity index (χ0n) is 12.9. The van der Waals surface area contributed by atoms with Gasteiger partial charge in [0.15, 0.2) is 0 Å². The molecule has 1 aliphatic rings. The number of ether oxygens (including phenoxy) is 2. The highest BCUT2D eigenvalue weighted by molar-refractivity contribution is 9.10. The molecular formula is C16H20BrNO5. The number of carbonyl (C=O) groups excluding carboxylic acids is 1. The molecule has 1 saturated heterocycles. The van der Waals surface area contributed by atoms with Gasteiger partial charge in [-0.2, -0.15) is 0 Å². The highest BCUT2D eigenvalue weighted by Crippen LogP contribution is 2.24. The lowest BCUT2D eigenvalue weighted by atomic mass is 10.2. The summed E-state index contributed by atoms with van der Waals surface area (Å²) in [6, 6.07) is 6.70. The average Bonchev–Trinajstić information content (AvgIpc) is 2.97. The van der Waals surface area contributed by atoms with Crippen LogP contribution in [-0.2, 0) is 14.3 Å². The lowest BCUT2D eigenvalue weighted by Crippen LogP contribution is -2.40. The van der Waals surface area contributed by atoms with E-state index in [0.29, 0.717) is 26.0 Å². The number of rotatable bonds is 7. The topological polar surface area (TPSA) is 76.1 Å². The fraction of sp³-hybridized carbons (Fsp3) is 0.500. The number of carboxylic acid groups (broad SMARTS) is 1. The second-order valence-electron chi connectivity index (χ2n) is 5.38. The Morgan fingerprint density at radius 2 is 2.13 bits per heavy atom. The maximum Gasteiger partial charge on any atom is 0.326 e. The van der Waals surface area contributed by atoms with Crippen LogP contribution in [0.15, 0.2) is 28.7 Å². The zero-order valence-corrected chi connectivity index (χ0v) is 14.5. The highest BCUT2D eigenvalue weighted by Gasteiger charge is 2.39. The van der Waals surface area contributed by atoms with Crippen LogP contribution in [-0.4, -0.2) is 54.3 Å². The first-order valence-electron chi connectivity index (χ1n) is 7.45. The molecule has 23 heavy (non-hydrogen) atoms. The number of hydrogen-bond acceptors (Lipinski definition) is 4. The van der Waals surface area contributed by atoms with Crippen LogP contribution in [0.5, 0.6) is 5.75 Å². The van der Waals surface area contributed by atoms with Gasteiger partial charge in [0.1, 0.15) is 11.8 Å². The molecule has 1 aliphatic heterocycles. The predicted molar refractivity (Wildman–Crippen MR) is 87.4 cm³/mol. The third-order valence-electron chi connectivity index (χ3n) is 3.83. The van der Waals surface area contributed by atoms with Crippen LogP contribution in [0.3, 0.4) is 0 Å². The van der Waals surface area contributed by atoms with Gasteiger partial charge >= 0.3 is 5.97 Å². The Balaban J connectivity index is 1.80. The first-order chi connectivity index (χ1) is 11.0. The molecule has 2 unspecified atom stereocenters. The monoisotopic (exact) mass is 385 g/mol. The van der Waals surface area contributed by atoms with E-state index in [4.69, 9.17) is 9.47 Å². The number of halogens is 1. The fourth-order valence-corrected chi connectivity index (χ4v) is 2.99. The lowest BCUT2D eigenvalue weighted by molar-refractivity contribution is -0.148. The van der Waals surface area contributed by atoms with E-state index >= 15 is 0 Å². The molecule has 1 fully saturated rings. The standard InChI is InChI=1S/C16H20BrNO5/c1-22-11-9-13(16(20)21)18(10-11)15(19)7-4-8-23-14-6-3-2-5-12(14)17/h2-3,5-6,11,13H,4,7-10H2,1H3,(H,20,21). The smallest absolute Gasteiger partial charge is 0.326 e. The number of carboxylic acids is 1. The van der Waals surface area contributed by atoms with E-state index in [1.54, 1.807) is 0 Å². The molecule has 0 saturated carbocycles. The van der Waals surface area contributed by atoms with Crippen LogP contribution < -0.4 is 4.74 Å². The Morgan fingerprint density at radius 3 is 2.78 bits per heavy atom. The van der Waals surface area contributed by atoms with Crippen LogP contribution in [0.2, 0.25) is 0 Å². The summed E-state index contributed by atoms with van der Waals surface area (Å²) in [6.45, 7) is 0.727. The summed E-state index contributed by atoms with van der Waals surface area (Å²) in [5.41, 5.74) is 0. The fourth-order valence-electron chi connectivity index (χ4n) is 2.59. The predicted octanol–water partition coefficient (Wildman–Crippen LogP) is 2.31. The van der Waals surface area contributed by atoms with Crippen molar-refractivity contribution in [1.82, 2.24) is 4.90 Å². The Kier molecular flexibility index (Phi) is 6.41. The van der Waals surface area contributed by atoms with Crippen molar-refractivity contribution in [3.8, 4) is 5.75 Å². The SMILES string of the molecule is COC1CC(C(=O)O)N(C(=O)CCCOc2ccccc2Br)C1. The molecule has 0 bridgehead atoms. The van der Waals surface area contributed by atoms with Gasteiger partial charge in [0.05, 0.1) is 17.2 Å². The van der Waals surface area contributed by atoms with Crippen molar-refractivity contribution < 1.29 is 24.2 Å². The van der Waals surface area contributed by atoms with Crippen molar-refractivity contribution in [1.29, 1.82) is 0 Å². The summed E-state index contributed by atoms with van der Waals surface area (Å²) in [7, 11) is 1.53. The van der Waals surface area contributed by atoms with Gasteiger partial charge in [-0.1, -0.05) is 12.1 Å². The van der Waals surface area contributed by atoms with Crippen molar-refractivity contribution in [2.75, 3.05) is 20.3 Å². The highest BCUT2D eigenvalue weighted by atomic mass is 79.9.